The zero-order chi connectivity index (χ0) is 18.2. The average molecular weight is 381 g/mol. The molecule has 1 unspecified atom stereocenters. The summed E-state index contributed by atoms with van der Waals surface area (Å²) in [7, 11) is 0. The van der Waals surface area contributed by atoms with E-state index in [1.54, 1.807) is 41.1 Å². The number of benzene rings is 1. The van der Waals surface area contributed by atoms with Crippen LogP contribution in [0.5, 0.6) is 0 Å². The smallest absolute Gasteiger partial charge is 0.308 e. The minimum absolute atomic E-state index is 0.0282. The minimum atomic E-state index is -0.976. The van der Waals surface area contributed by atoms with Gasteiger partial charge >= 0.3 is 5.97 Å². The van der Waals surface area contributed by atoms with E-state index in [0.717, 1.165) is 0 Å². The number of anilines is 1. The normalized spacial score (nSPS) is 11.4. The Morgan fingerprint density at radius 1 is 1.24 bits per heavy atom. The maximum absolute atomic E-state index is 12.0. The summed E-state index contributed by atoms with van der Waals surface area (Å²) < 4.78 is 5.05. The molecule has 2 rings (SSSR count). The number of halogens is 1. The molecule has 0 saturated carbocycles. The Bertz CT molecular complexity index is 749. The van der Waals surface area contributed by atoms with Crippen LogP contribution in [0.4, 0.5) is 5.69 Å². The van der Waals surface area contributed by atoms with Gasteiger partial charge in [0, 0.05) is 17.5 Å². The second-order valence-electron chi connectivity index (χ2n) is 5.12. The highest BCUT2D eigenvalue weighted by Gasteiger charge is 2.18. The van der Waals surface area contributed by atoms with Crippen LogP contribution in [0.2, 0.25) is 5.02 Å². The number of amides is 2. The third-order valence-corrected chi connectivity index (χ3v) is 4.22. The molecule has 8 heteroatoms. The highest BCUT2D eigenvalue weighted by molar-refractivity contribution is 7.08. The number of ether oxygens (including phenoxy) is 1. The SMILES string of the molecule is CC(OC(=O)CCNC(=O)c1ccsc1)C(=O)Nc1ccccc1Cl. The van der Waals surface area contributed by atoms with Crippen LogP contribution in [-0.2, 0) is 14.3 Å². The van der Waals surface area contributed by atoms with Crippen molar-refractivity contribution in [3.05, 3.63) is 51.7 Å². The zero-order valence-corrected chi connectivity index (χ0v) is 15.0. The van der Waals surface area contributed by atoms with Crippen molar-refractivity contribution in [2.24, 2.45) is 0 Å². The largest absolute Gasteiger partial charge is 0.452 e. The molecule has 1 heterocycles. The molecule has 0 radical (unpaired) electrons. The van der Waals surface area contributed by atoms with Crippen LogP contribution in [0.25, 0.3) is 0 Å². The molecule has 0 aliphatic rings. The van der Waals surface area contributed by atoms with Gasteiger partial charge in [-0.3, -0.25) is 14.4 Å². The summed E-state index contributed by atoms with van der Waals surface area (Å²) in [5, 5.41) is 9.11. The molecule has 2 N–H and O–H groups in total. The van der Waals surface area contributed by atoms with Crippen LogP contribution in [-0.4, -0.2) is 30.4 Å². The number of carbonyl (C=O) groups excluding carboxylic acids is 3. The first-order valence-electron chi connectivity index (χ1n) is 7.52. The predicted molar refractivity (Wildman–Crippen MR) is 96.9 cm³/mol. The van der Waals surface area contributed by atoms with Crippen LogP contribution >= 0.6 is 22.9 Å². The summed E-state index contributed by atoms with van der Waals surface area (Å²) in [6.45, 7) is 1.60. The van der Waals surface area contributed by atoms with Crippen molar-refractivity contribution < 1.29 is 19.1 Å². The van der Waals surface area contributed by atoms with Gasteiger partial charge in [0.05, 0.1) is 17.1 Å². The van der Waals surface area contributed by atoms with E-state index >= 15 is 0 Å². The number of hydrogen-bond donors (Lipinski definition) is 2. The van der Waals surface area contributed by atoms with Gasteiger partial charge in [0.15, 0.2) is 6.10 Å². The Morgan fingerprint density at radius 2 is 2.00 bits per heavy atom. The molecule has 1 aromatic heterocycles. The van der Waals surface area contributed by atoms with Crippen molar-refractivity contribution in [2.75, 3.05) is 11.9 Å². The lowest BCUT2D eigenvalue weighted by atomic mass is 10.3. The van der Waals surface area contributed by atoms with Crippen molar-refractivity contribution in [3.63, 3.8) is 0 Å². The maximum atomic E-state index is 12.0. The van der Waals surface area contributed by atoms with Gasteiger partial charge in [0.2, 0.25) is 0 Å². The third kappa shape index (κ3) is 5.88. The molecule has 1 atom stereocenters. The molecule has 0 fully saturated rings. The molecule has 0 aliphatic carbocycles. The first-order valence-corrected chi connectivity index (χ1v) is 8.84. The van der Waals surface area contributed by atoms with Crippen LogP contribution in [0.3, 0.4) is 0 Å². The monoisotopic (exact) mass is 380 g/mol. The first kappa shape index (κ1) is 19.0. The Morgan fingerprint density at radius 3 is 2.68 bits per heavy atom. The highest BCUT2D eigenvalue weighted by atomic mass is 35.5. The number of hydrogen-bond acceptors (Lipinski definition) is 5. The summed E-state index contributed by atoms with van der Waals surface area (Å²) in [5.41, 5.74) is 0.992. The molecular formula is C17H17ClN2O4S. The van der Waals surface area contributed by atoms with Gasteiger partial charge in [-0.25, -0.2) is 0 Å². The van der Waals surface area contributed by atoms with Gasteiger partial charge in [-0.1, -0.05) is 23.7 Å². The molecule has 1 aromatic carbocycles. The van der Waals surface area contributed by atoms with Crippen LogP contribution in [0, 0.1) is 0 Å². The minimum Gasteiger partial charge on any atom is -0.452 e. The number of para-hydroxylation sites is 1. The number of nitrogens with one attached hydrogen (secondary N) is 2. The molecule has 2 aromatic rings. The summed E-state index contributed by atoms with van der Waals surface area (Å²) in [4.78, 5) is 35.5. The van der Waals surface area contributed by atoms with E-state index in [2.05, 4.69) is 10.6 Å². The summed E-state index contributed by atoms with van der Waals surface area (Å²) in [6.07, 6.45) is -1.00. The zero-order valence-electron chi connectivity index (χ0n) is 13.5. The number of thiophene rings is 1. The Balaban J connectivity index is 1.73. The molecule has 6 nitrogen and oxygen atoms in total. The Labute approximate surface area is 154 Å². The predicted octanol–water partition coefficient (Wildman–Crippen LogP) is 3.09. The molecule has 132 valence electrons. The van der Waals surface area contributed by atoms with Crippen LogP contribution in [0.1, 0.15) is 23.7 Å². The van der Waals surface area contributed by atoms with E-state index in [9.17, 15) is 14.4 Å². The van der Waals surface area contributed by atoms with Crippen molar-refractivity contribution in [2.45, 2.75) is 19.4 Å². The maximum Gasteiger partial charge on any atom is 0.308 e. The lowest BCUT2D eigenvalue weighted by molar-refractivity contribution is -0.153. The van der Waals surface area contributed by atoms with Gasteiger partial charge in [-0.15, -0.1) is 0 Å². The highest BCUT2D eigenvalue weighted by Crippen LogP contribution is 2.20. The lowest BCUT2D eigenvalue weighted by Crippen LogP contribution is -2.32. The summed E-state index contributed by atoms with van der Waals surface area (Å²) in [6, 6.07) is 8.46. The number of carbonyl (C=O) groups is 3. The first-order chi connectivity index (χ1) is 12.0. The molecule has 0 saturated heterocycles. The van der Waals surface area contributed by atoms with E-state index in [-0.39, 0.29) is 18.9 Å². The standard InChI is InChI=1S/C17H17ClN2O4S/c1-11(16(22)20-14-5-3-2-4-13(14)18)24-15(21)6-8-19-17(23)12-7-9-25-10-12/h2-5,7,9-11H,6,8H2,1H3,(H,19,23)(H,20,22). The van der Waals surface area contributed by atoms with Gasteiger partial charge in [0.1, 0.15) is 0 Å². The van der Waals surface area contributed by atoms with E-state index in [0.29, 0.717) is 16.3 Å². The fourth-order valence-corrected chi connectivity index (χ4v) is 2.70. The van der Waals surface area contributed by atoms with Gasteiger partial charge in [-0.05, 0) is 30.5 Å². The van der Waals surface area contributed by atoms with Crippen LogP contribution < -0.4 is 10.6 Å². The van der Waals surface area contributed by atoms with E-state index in [1.807, 2.05) is 0 Å². The average Bonchev–Trinajstić information content (AvgIpc) is 3.11. The summed E-state index contributed by atoms with van der Waals surface area (Å²) in [5.74, 6) is -1.31. The van der Waals surface area contributed by atoms with Gasteiger partial charge in [-0.2, -0.15) is 11.3 Å². The molecular weight excluding hydrogens is 364 g/mol. The molecule has 25 heavy (non-hydrogen) atoms. The fraction of sp³-hybridized carbons (Fsp3) is 0.235. The van der Waals surface area contributed by atoms with Crippen molar-refractivity contribution in [1.82, 2.24) is 5.32 Å². The summed E-state index contributed by atoms with van der Waals surface area (Å²) >= 11 is 7.37. The van der Waals surface area contributed by atoms with Gasteiger partial charge < -0.3 is 15.4 Å². The molecule has 2 amide bonds. The van der Waals surface area contributed by atoms with Crippen molar-refractivity contribution in [3.8, 4) is 0 Å². The van der Waals surface area contributed by atoms with E-state index in [1.165, 1.54) is 18.3 Å². The van der Waals surface area contributed by atoms with Gasteiger partial charge in [0.25, 0.3) is 11.8 Å². The Kier molecular flexibility index (Phi) is 6.97. The van der Waals surface area contributed by atoms with Crippen molar-refractivity contribution >= 4 is 46.4 Å². The third-order valence-electron chi connectivity index (χ3n) is 3.21. The molecule has 0 spiro atoms. The van der Waals surface area contributed by atoms with Crippen molar-refractivity contribution in [1.29, 1.82) is 0 Å². The topological polar surface area (TPSA) is 84.5 Å². The number of esters is 1. The second kappa shape index (κ2) is 9.19. The lowest BCUT2D eigenvalue weighted by Gasteiger charge is -2.14. The molecule has 0 bridgehead atoms. The Hall–Kier alpha value is -2.38. The fourth-order valence-electron chi connectivity index (χ4n) is 1.88. The van der Waals surface area contributed by atoms with E-state index < -0.39 is 18.0 Å². The molecule has 0 aliphatic heterocycles. The van der Waals surface area contributed by atoms with E-state index in [4.69, 9.17) is 16.3 Å². The number of rotatable bonds is 7. The van der Waals surface area contributed by atoms with Crippen LogP contribution in [0.15, 0.2) is 41.1 Å². The second-order valence-corrected chi connectivity index (χ2v) is 6.31. The quantitative estimate of drug-likeness (QED) is 0.723.